The highest BCUT2D eigenvalue weighted by Gasteiger charge is 2.46. The maximum Gasteiger partial charge on any atom is 0.416 e. The molecule has 1 aliphatic carbocycles. The lowest BCUT2D eigenvalue weighted by atomic mass is 9.82. The minimum Gasteiger partial charge on any atom is -0.370 e. The molecule has 0 radical (unpaired) electrons. The molecular formula is C26H28ClF7N2O2. The Kier molecular flexibility index (Phi) is 9.05. The third kappa shape index (κ3) is 6.43. The summed E-state index contributed by atoms with van der Waals surface area (Å²) in [6, 6.07) is 6.62. The zero-order chi connectivity index (χ0) is 27.1. The van der Waals surface area contributed by atoms with Crippen molar-refractivity contribution in [1.29, 1.82) is 0 Å². The predicted molar refractivity (Wildman–Crippen MR) is 128 cm³/mol. The van der Waals surface area contributed by atoms with Gasteiger partial charge in [0, 0.05) is 12.0 Å². The monoisotopic (exact) mass is 568 g/mol. The van der Waals surface area contributed by atoms with Gasteiger partial charge in [0.05, 0.1) is 29.4 Å². The van der Waals surface area contributed by atoms with Crippen LogP contribution in [0.3, 0.4) is 0 Å². The van der Waals surface area contributed by atoms with Crippen molar-refractivity contribution >= 4 is 18.3 Å². The van der Waals surface area contributed by atoms with Crippen LogP contribution in [-0.4, -0.2) is 31.1 Å². The van der Waals surface area contributed by atoms with Gasteiger partial charge in [-0.2, -0.15) is 26.3 Å². The van der Waals surface area contributed by atoms with Crippen molar-refractivity contribution in [2.45, 2.75) is 68.7 Å². The van der Waals surface area contributed by atoms with E-state index in [-0.39, 0.29) is 53.9 Å². The van der Waals surface area contributed by atoms with Crippen LogP contribution in [-0.2, 0) is 21.9 Å². The Balaban J connectivity index is 0.00000400. The van der Waals surface area contributed by atoms with Crippen LogP contribution in [0, 0.1) is 11.7 Å². The molecule has 38 heavy (non-hydrogen) atoms. The molecule has 2 N–H and O–H groups in total. The van der Waals surface area contributed by atoms with E-state index in [0.29, 0.717) is 31.4 Å². The number of carbonyl (C=O) groups is 1. The number of amides is 1. The van der Waals surface area contributed by atoms with Gasteiger partial charge in [0.1, 0.15) is 5.82 Å². The van der Waals surface area contributed by atoms with Crippen molar-refractivity contribution in [3.8, 4) is 0 Å². The first-order chi connectivity index (χ1) is 17.3. The molecule has 1 aliphatic heterocycles. The van der Waals surface area contributed by atoms with Gasteiger partial charge < -0.3 is 15.4 Å². The van der Waals surface area contributed by atoms with E-state index in [1.54, 1.807) is 19.2 Å². The van der Waals surface area contributed by atoms with Gasteiger partial charge in [-0.15, -0.1) is 12.4 Å². The molecule has 1 saturated heterocycles. The fourth-order valence-electron chi connectivity index (χ4n) is 5.53. The molecule has 2 aliphatic rings. The number of nitrogens with one attached hydrogen (secondary N) is 2. The molecule has 4 rings (SSSR count). The van der Waals surface area contributed by atoms with Gasteiger partial charge in [-0.3, -0.25) is 4.79 Å². The molecular weight excluding hydrogens is 541 g/mol. The lowest BCUT2D eigenvalue weighted by molar-refractivity contribution is -0.143. The van der Waals surface area contributed by atoms with Gasteiger partial charge in [-0.1, -0.05) is 12.1 Å². The largest absolute Gasteiger partial charge is 0.416 e. The van der Waals surface area contributed by atoms with Crippen LogP contribution in [0.25, 0.3) is 0 Å². The van der Waals surface area contributed by atoms with Gasteiger partial charge >= 0.3 is 12.4 Å². The van der Waals surface area contributed by atoms with Crippen LogP contribution in [0.15, 0.2) is 42.5 Å². The number of hydrogen-bond donors (Lipinski definition) is 2. The number of hydrogen-bond acceptors (Lipinski definition) is 3. The predicted octanol–water partition coefficient (Wildman–Crippen LogP) is 6.40. The first kappa shape index (κ1) is 30.2. The number of halogens is 8. The number of carbonyl (C=O) groups excluding carboxylic acids is 1. The zero-order valence-electron chi connectivity index (χ0n) is 20.5. The molecule has 0 bridgehead atoms. The Bertz CT molecular complexity index is 1090. The highest BCUT2D eigenvalue weighted by Crippen LogP contribution is 2.47. The first-order valence-corrected chi connectivity index (χ1v) is 12.0. The Hall–Kier alpha value is -2.37. The Labute approximate surface area is 221 Å². The van der Waals surface area contributed by atoms with Crippen LogP contribution in [0.2, 0.25) is 0 Å². The molecule has 0 unspecified atom stereocenters. The summed E-state index contributed by atoms with van der Waals surface area (Å²) in [5.41, 5.74) is -2.32. The smallest absolute Gasteiger partial charge is 0.370 e. The van der Waals surface area contributed by atoms with Crippen molar-refractivity contribution in [3.63, 3.8) is 0 Å². The summed E-state index contributed by atoms with van der Waals surface area (Å²) in [4.78, 5) is 12.3. The highest BCUT2D eigenvalue weighted by molar-refractivity contribution is 5.85. The lowest BCUT2D eigenvalue weighted by Gasteiger charge is -2.31. The van der Waals surface area contributed by atoms with Crippen LogP contribution < -0.4 is 10.6 Å². The zero-order valence-corrected chi connectivity index (χ0v) is 21.3. The van der Waals surface area contributed by atoms with E-state index in [1.807, 2.05) is 0 Å². The van der Waals surface area contributed by atoms with E-state index in [1.165, 1.54) is 19.1 Å². The number of rotatable bonds is 6. The number of benzene rings is 2. The van der Waals surface area contributed by atoms with Crippen molar-refractivity contribution in [3.05, 3.63) is 70.5 Å². The van der Waals surface area contributed by atoms with E-state index in [2.05, 4.69) is 10.6 Å². The topological polar surface area (TPSA) is 50.4 Å². The van der Waals surface area contributed by atoms with Gasteiger partial charge in [0.2, 0.25) is 5.91 Å². The Morgan fingerprint density at radius 1 is 0.974 bits per heavy atom. The summed E-state index contributed by atoms with van der Waals surface area (Å²) in [5.74, 6) is -1.06. The second kappa shape index (κ2) is 11.4. The summed E-state index contributed by atoms with van der Waals surface area (Å²) < 4.78 is 99.9. The summed E-state index contributed by atoms with van der Waals surface area (Å²) in [5, 5.41) is 5.93. The van der Waals surface area contributed by atoms with Crippen LogP contribution in [0.1, 0.15) is 60.5 Å². The third-order valence-electron chi connectivity index (χ3n) is 7.36. The Morgan fingerprint density at radius 3 is 2.05 bits per heavy atom. The van der Waals surface area contributed by atoms with E-state index >= 15 is 0 Å². The van der Waals surface area contributed by atoms with Crippen molar-refractivity contribution in [2.75, 3.05) is 7.05 Å². The molecule has 2 aromatic carbocycles. The van der Waals surface area contributed by atoms with Gasteiger partial charge in [-0.25, -0.2) is 4.39 Å². The maximum atomic E-state index is 13.6. The molecule has 1 amide bonds. The third-order valence-corrected chi connectivity index (χ3v) is 7.36. The molecule has 4 nitrogen and oxygen atoms in total. The molecule has 2 fully saturated rings. The fraction of sp³-hybridized carbons (Fsp3) is 0.500. The van der Waals surface area contributed by atoms with Gasteiger partial charge in [0.15, 0.2) is 0 Å². The van der Waals surface area contributed by atoms with Gasteiger partial charge in [-0.05, 0) is 80.6 Å². The van der Waals surface area contributed by atoms with Crippen LogP contribution in [0.5, 0.6) is 0 Å². The van der Waals surface area contributed by atoms with E-state index in [0.717, 1.165) is 5.56 Å². The normalized spacial score (nSPS) is 26.7. The van der Waals surface area contributed by atoms with E-state index in [9.17, 15) is 35.5 Å². The minimum atomic E-state index is -4.96. The Morgan fingerprint density at radius 2 is 1.55 bits per heavy atom. The van der Waals surface area contributed by atoms with Crippen LogP contribution >= 0.6 is 12.4 Å². The molecule has 0 aromatic heterocycles. The first-order valence-electron chi connectivity index (χ1n) is 12.0. The molecule has 210 valence electrons. The maximum absolute atomic E-state index is 13.6. The number of alkyl halides is 6. The molecule has 1 saturated carbocycles. The second-order valence-electron chi connectivity index (χ2n) is 9.67. The van der Waals surface area contributed by atoms with Crippen molar-refractivity contribution in [1.82, 2.24) is 10.6 Å². The SMILES string of the molecule is CN[C@@H]1C[C@H]([C@@H]2CC[C@H](O[C@H](C)c3cc(C(F)(F)F)cc(C(F)(F)F)c3)[C@H]2c2ccc(F)cc2)NC1=O.Cl. The van der Waals surface area contributed by atoms with Crippen molar-refractivity contribution < 1.29 is 40.3 Å². The molecule has 1 heterocycles. The molecule has 6 atom stereocenters. The number of likely N-dealkylation sites (N-methyl/N-ethyl adjacent to an activating group) is 1. The highest BCUT2D eigenvalue weighted by atomic mass is 35.5. The molecule has 0 spiro atoms. The van der Waals surface area contributed by atoms with E-state index < -0.39 is 41.5 Å². The summed E-state index contributed by atoms with van der Waals surface area (Å²) in [7, 11) is 1.68. The van der Waals surface area contributed by atoms with E-state index in [4.69, 9.17) is 4.74 Å². The summed E-state index contributed by atoms with van der Waals surface area (Å²) in [6.07, 6.45) is -9.98. The molecule has 12 heteroatoms. The fourth-order valence-corrected chi connectivity index (χ4v) is 5.53. The van der Waals surface area contributed by atoms with Gasteiger partial charge in [0.25, 0.3) is 0 Å². The van der Waals surface area contributed by atoms with Crippen LogP contribution in [0.4, 0.5) is 30.7 Å². The summed E-state index contributed by atoms with van der Waals surface area (Å²) >= 11 is 0. The standard InChI is InChI=1S/C26H27F7N2O2.ClH/c1-13(15-9-16(25(28,29)30)11-17(10-15)26(31,32)33)37-22-8-7-19(20-12-21(34-2)24(36)35-20)23(22)14-3-5-18(27)6-4-14;/h3-6,9-11,13,19-23,34H,7-8,12H2,1-2H3,(H,35,36);1H/t13-,19+,20-,21-,22+,23+;/m1./s1. The molecule has 2 aromatic rings. The van der Waals surface area contributed by atoms with Crippen molar-refractivity contribution in [2.24, 2.45) is 5.92 Å². The summed E-state index contributed by atoms with van der Waals surface area (Å²) in [6.45, 7) is 1.42. The quantitative estimate of drug-likeness (QED) is 0.397. The lowest BCUT2D eigenvalue weighted by Crippen LogP contribution is -2.37. The number of ether oxygens (including phenoxy) is 1. The minimum absolute atomic E-state index is 0. The second-order valence-corrected chi connectivity index (χ2v) is 9.67. The average Bonchev–Trinajstić information content (AvgIpc) is 3.41. The average molecular weight is 569 g/mol.